The molecule has 6 heteroatoms. The van der Waals surface area contributed by atoms with Crippen LogP contribution in [0.1, 0.15) is 29.7 Å². The van der Waals surface area contributed by atoms with Crippen LogP contribution in [0.3, 0.4) is 0 Å². The van der Waals surface area contributed by atoms with E-state index >= 15 is 0 Å². The van der Waals surface area contributed by atoms with Gasteiger partial charge in [0.25, 0.3) is 0 Å². The molecule has 0 spiro atoms. The average Bonchev–Trinajstić information content (AvgIpc) is 2.84. The lowest BCUT2D eigenvalue weighted by Crippen LogP contribution is -2.45. The van der Waals surface area contributed by atoms with Gasteiger partial charge in [-0.2, -0.15) is 0 Å². The van der Waals surface area contributed by atoms with Crippen LogP contribution in [-0.4, -0.2) is 17.7 Å². The maximum atomic E-state index is 13.0. The second-order valence-corrected chi connectivity index (χ2v) is 7.66. The van der Waals surface area contributed by atoms with Crippen LogP contribution in [0, 0.1) is 0 Å². The van der Waals surface area contributed by atoms with Gasteiger partial charge in [0.15, 0.2) is 5.11 Å². The molecule has 0 aromatic heterocycles. The molecule has 0 saturated carbocycles. The molecule has 32 heavy (non-hydrogen) atoms. The van der Waals surface area contributed by atoms with Crippen LogP contribution < -0.4 is 15.4 Å². The quantitative estimate of drug-likeness (QED) is 0.405. The second kappa shape index (κ2) is 10.1. The van der Waals surface area contributed by atoms with Crippen molar-refractivity contribution in [3.05, 3.63) is 107 Å². The van der Waals surface area contributed by atoms with E-state index < -0.39 is 6.04 Å². The number of hydrogen-bond acceptors (Lipinski definition) is 4. The molecule has 5 nitrogen and oxygen atoms in total. The van der Waals surface area contributed by atoms with Crippen LogP contribution in [0.15, 0.2) is 90.5 Å². The molecule has 4 rings (SSSR count). The van der Waals surface area contributed by atoms with E-state index in [1.54, 1.807) is 6.92 Å². The molecule has 1 atom stereocenters. The number of rotatable bonds is 7. The lowest BCUT2D eigenvalue weighted by Gasteiger charge is -2.31. The zero-order valence-corrected chi connectivity index (χ0v) is 18.5. The van der Waals surface area contributed by atoms with E-state index in [1.165, 1.54) is 0 Å². The van der Waals surface area contributed by atoms with E-state index in [9.17, 15) is 4.79 Å². The van der Waals surface area contributed by atoms with Gasteiger partial charge in [-0.05, 0) is 48.0 Å². The maximum Gasteiger partial charge on any atom is 0.338 e. The molecule has 0 saturated heterocycles. The highest BCUT2D eigenvalue weighted by molar-refractivity contribution is 7.80. The Hall–Kier alpha value is -3.64. The summed E-state index contributed by atoms with van der Waals surface area (Å²) in [4.78, 5) is 13.0. The van der Waals surface area contributed by atoms with Gasteiger partial charge < -0.3 is 20.1 Å². The summed E-state index contributed by atoms with van der Waals surface area (Å²) in [7, 11) is 0. The molecular weight excluding hydrogens is 420 g/mol. The average molecular weight is 445 g/mol. The van der Waals surface area contributed by atoms with Gasteiger partial charge >= 0.3 is 5.97 Å². The van der Waals surface area contributed by atoms with Gasteiger partial charge in [-0.3, -0.25) is 0 Å². The van der Waals surface area contributed by atoms with Crippen molar-refractivity contribution in [1.29, 1.82) is 0 Å². The van der Waals surface area contributed by atoms with Gasteiger partial charge in [0, 0.05) is 0 Å². The van der Waals surface area contributed by atoms with Crippen LogP contribution >= 0.6 is 12.2 Å². The van der Waals surface area contributed by atoms with Crippen molar-refractivity contribution >= 4 is 29.0 Å². The minimum Gasteiger partial charge on any atom is -0.489 e. The minimum atomic E-state index is -0.443. The molecule has 3 aromatic carbocycles. The number of hydrogen-bond donors (Lipinski definition) is 2. The molecule has 0 fully saturated rings. The molecule has 0 aliphatic carbocycles. The highest BCUT2D eigenvalue weighted by atomic mass is 32.1. The Kier molecular flexibility index (Phi) is 6.82. The lowest BCUT2D eigenvalue weighted by atomic mass is 9.93. The summed E-state index contributed by atoms with van der Waals surface area (Å²) in [6.07, 6.45) is 0. The first-order valence-corrected chi connectivity index (χ1v) is 10.9. The number of benzene rings is 3. The monoisotopic (exact) mass is 444 g/mol. The van der Waals surface area contributed by atoms with Crippen molar-refractivity contribution in [2.75, 3.05) is 6.61 Å². The molecule has 162 valence electrons. The molecule has 1 aliphatic rings. The smallest absolute Gasteiger partial charge is 0.338 e. The van der Waals surface area contributed by atoms with E-state index in [4.69, 9.17) is 21.7 Å². The fourth-order valence-electron chi connectivity index (χ4n) is 3.57. The fraction of sp³-hybridized carbons (Fsp3) is 0.154. The summed E-state index contributed by atoms with van der Waals surface area (Å²) in [5.74, 6) is 0.363. The Bertz CT molecular complexity index is 1110. The molecule has 3 aromatic rings. The molecule has 0 bridgehead atoms. The molecule has 1 unspecified atom stereocenters. The van der Waals surface area contributed by atoms with Crippen LogP contribution in [0.25, 0.3) is 5.70 Å². The van der Waals surface area contributed by atoms with Gasteiger partial charge in [-0.1, -0.05) is 72.8 Å². The number of nitrogens with one attached hydrogen (secondary N) is 2. The fourth-order valence-corrected chi connectivity index (χ4v) is 3.79. The predicted molar refractivity (Wildman–Crippen MR) is 129 cm³/mol. The first kappa shape index (κ1) is 21.6. The highest BCUT2D eigenvalue weighted by Gasteiger charge is 2.33. The van der Waals surface area contributed by atoms with Gasteiger partial charge in [0.1, 0.15) is 12.4 Å². The Labute approximate surface area is 193 Å². The van der Waals surface area contributed by atoms with Gasteiger partial charge in [0.05, 0.1) is 23.9 Å². The number of carbonyl (C=O) groups is 1. The molecule has 1 heterocycles. The van der Waals surface area contributed by atoms with Crippen molar-refractivity contribution in [3.63, 3.8) is 0 Å². The Morgan fingerprint density at radius 3 is 2.25 bits per heavy atom. The minimum absolute atomic E-state index is 0.286. The zero-order valence-electron chi connectivity index (χ0n) is 17.7. The van der Waals surface area contributed by atoms with Crippen molar-refractivity contribution in [1.82, 2.24) is 10.6 Å². The van der Waals surface area contributed by atoms with Gasteiger partial charge in [-0.15, -0.1) is 0 Å². The van der Waals surface area contributed by atoms with Crippen molar-refractivity contribution in [3.8, 4) is 5.75 Å². The van der Waals surface area contributed by atoms with Crippen molar-refractivity contribution < 1.29 is 14.3 Å². The van der Waals surface area contributed by atoms with E-state index in [0.29, 0.717) is 23.0 Å². The van der Waals surface area contributed by atoms with Gasteiger partial charge in [-0.25, -0.2) is 4.79 Å². The summed E-state index contributed by atoms with van der Waals surface area (Å²) in [6, 6.07) is 26.9. The first-order valence-electron chi connectivity index (χ1n) is 10.5. The third-order valence-electron chi connectivity index (χ3n) is 5.09. The number of carbonyl (C=O) groups excluding carboxylic acids is 1. The summed E-state index contributed by atoms with van der Waals surface area (Å²) in [6.45, 7) is 2.57. The van der Waals surface area contributed by atoms with E-state index in [0.717, 1.165) is 22.4 Å². The normalized spacial score (nSPS) is 15.5. The molecular formula is C26H24N2O3S. The topological polar surface area (TPSA) is 59.6 Å². The largest absolute Gasteiger partial charge is 0.489 e. The Morgan fingerprint density at radius 2 is 1.59 bits per heavy atom. The van der Waals surface area contributed by atoms with Crippen LogP contribution in [0.5, 0.6) is 5.75 Å². The van der Waals surface area contributed by atoms with Crippen molar-refractivity contribution in [2.24, 2.45) is 0 Å². The lowest BCUT2D eigenvalue weighted by molar-refractivity contribution is -0.138. The Morgan fingerprint density at radius 1 is 0.938 bits per heavy atom. The SMILES string of the molecule is CCOC(=O)C1=C(c2ccccc2)NC(=S)NC1c1ccc(OCc2ccccc2)cc1. The van der Waals surface area contributed by atoms with E-state index in [1.807, 2.05) is 84.9 Å². The molecule has 0 amide bonds. The second-order valence-electron chi connectivity index (χ2n) is 7.25. The molecule has 2 N–H and O–H groups in total. The van der Waals surface area contributed by atoms with Crippen LogP contribution in [0.4, 0.5) is 0 Å². The van der Waals surface area contributed by atoms with Crippen molar-refractivity contribution in [2.45, 2.75) is 19.6 Å². The number of esters is 1. The summed E-state index contributed by atoms with van der Waals surface area (Å²) in [5, 5.41) is 6.82. The third kappa shape index (κ3) is 4.98. The molecule has 1 aliphatic heterocycles. The van der Waals surface area contributed by atoms with E-state index in [-0.39, 0.29) is 12.6 Å². The first-order chi connectivity index (χ1) is 15.7. The zero-order chi connectivity index (χ0) is 22.3. The van der Waals surface area contributed by atoms with E-state index in [2.05, 4.69) is 10.6 Å². The predicted octanol–water partition coefficient (Wildman–Crippen LogP) is 4.76. The highest BCUT2D eigenvalue weighted by Crippen LogP contribution is 2.32. The standard InChI is InChI=1S/C26H24N2O3S/c1-2-30-25(29)22-23(19-11-7-4-8-12-19)27-26(32)28-24(22)20-13-15-21(16-14-20)31-17-18-9-5-3-6-10-18/h3-16,24H,2,17H2,1H3,(H2,27,28,32). The van der Waals surface area contributed by atoms with Crippen LogP contribution in [0.2, 0.25) is 0 Å². The Balaban J connectivity index is 1.64. The van der Waals surface area contributed by atoms with Gasteiger partial charge in [0.2, 0.25) is 0 Å². The maximum absolute atomic E-state index is 13.0. The summed E-state index contributed by atoms with van der Waals surface area (Å²) in [5.41, 5.74) is 4.00. The third-order valence-corrected chi connectivity index (χ3v) is 5.31. The summed E-state index contributed by atoms with van der Waals surface area (Å²) < 4.78 is 11.3. The number of ether oxygens (including phenoxy) is 2. The summed E-state index contributed by atoms with van der Waals surface area (Å²) >= 11 is 5.45. The van der Waals surface area contributed by atoms with Crippen LogP contribution in [-0.2, 0) is 16.1 Å². The number of thiocarbonyl (C=S) groups is 1. The molecule has 0 radical (unpaired) electrons.